The molecule has 7 rings (SSSR count). The summed E-state index contributed by atoms with van der Waals surface area (Å²) < 4.78 is 45.2. The lowest BCUT2D eigenvalue weighted by Crippen LogP contribution is -2.51. The van der Waals surface area contributed by atoms with E-state index in [2.05, 4.69) is 42.2 Å². The number of nitrogens with one attached hydrogen (secondary N) is 4. The highest BCUT2D eigenvalue weighted by molar-refractivity contribution is 5.87. The van der Waals surface area contributed by atoms with Crippen LogP contribution in [0.2, 0.25) is 0 Å². The first kappa shape index (κ1) is 42.1. The average Bonchev–Trinajstić information content (AvgIpc) is 4.08. The Hall–Kier alpha value is -6.02. The molecule has 0 aliphatic carbocycles. The van der Waals surface area contributed by atoms with E-state index in [-0.39, 0.29) is 23.6 Å². The highest BCUT2D eigenvalue weighted by Crippen LogP contribution is 2.45. The summed E-state index contributed by atoms with van der Waals surface area (Å²) in [5, 5.41) is 5.18. The van der Waals surface area contributed by atoms with E-state index in [0.29, 0.717) is 42.2 Å². The number of hydrogen-bond acceptors (Lipinski definition) is 9. The number of alkyl halides is 2. The van der Waals surface area contributed by atoms with Crippen molar-refractivity contribution in [1.29, 1.82) is 0 Å². The van der Waals surface area contributed by atoms with Crippen molar-refractivity contribution in [2.24, 2.45) is 11.8 Å². The van der Waals surface area contributed by atoms with E-state index in [4.69, 9.17) is 14.5 Å². The monoisotopic (exact) mass is 828 g/mol. The number of halogens is 2. The molecule has 17 heteroatoms. The Balaban J connectivity index is 1.06. The lowest BCUT2D eigenvalue weighted by atomic mass is 9.96. The smallest absolute Gasteiger partial charge is 0.407 e. The molecule has 5 atom stereocenters. The van der Waals surface area contributed by atoms with Crippen LogP contribution < -0.4 is 10.6 Å². The van der Waals surface area contributed by atoms with Gasteiger partial charge in [-0.05, 0) is 55.0 Å². The number of imidazole rings is 2. The van der Waals surface area contributed by atoms with Gasteiger partial charge in [0.2, 0.25) is 11.8 Å². The second-order valence-electron chi connectivity index (χ2n) is 16.4. The molecule has 4 N–H and O–H groups in total. The Morgan fingerprint density at radius 1 is 0.833 bits per heavy atom. The number of aromatic amines is 2. The normalized spacial score (nSPS) is 21.9. The molecule has 1 spiro atoms. The number of fused-ring (bicyclic) bond motifs is 1. The number of amides is 4. The fraction of sp³-hybridized carbons (Fsp3) is 0.488. The molecule has 15 nitrogen and oxygen atoms in total. The Labute approximate surface area is 346 Å². The molecule has 3 saturated heterocycles. The molecule has 3 fully saturated rings. The summed E-state index contributed by atoms with van der Waals surface area (Å²) in [5.74, 6) is 2.66. The average molecular weight is 829 g/mol. The topological polar surface area (TPSA) is 184 Å². The Kier molecular flexibility index (Phi) is 11.9. The van der Waals surface area contributed by atoms with Crippen LogP contribution >= 0.6 is 0 Å². The minimum absolute atomic E-state index is 0.183. The van der Waals surface area contributed by atoms with E-state index in [0.717, 1.165) is 34.4 Å². The molecule has 0 bridgehead atoms. The third-order valence-electron chi connectivity index (χ3n) is 11.5. The number of methoxy groups -OCH3 is 2. The zero-order chi connectivity index (χ0) is 42.9. The molecule has 2 aromatic carbocycles. The van der Waals surface area contributed by atoms with Crippen LogP contribution in [0.5, 0.6) is 0 Å². The van der Waals surface area contributed by atoms with Crippen molar-refractivity contribution >= 4 is 35.0 Å². The number of rotatable bonds is 9. The molecule has 0 unspecified atom stereocenters. The van der Waals surface area contributed by atoms with Crippen molar-refractivity contribution in [3.8, 4) is 23.1 Å². The van der Waals surface area contributed by atoms with Gasteiger partial charge in [0.1, 0.15) is 23.7 Å². The van der Waals surface area contributed by atoms with Crippen molar-refractivity contribution < 1.29 is 42.2 Å². The number of carbonyl (C=O) groups excluding carboxylic acids is 4. The molecule has 3 aliphatic rings. The first-order chi connectivity index (χ1) is 28.6. The Bertz CT molecular complexity index is 2310. The summed E-state index contributed by atoms with van der Waals surface area (Å²) in [4.78, 5) is 70.4. The summed E-state index contributed by atoms with van der Waals surface area (Å²) in [7, 11) is 2.44. The van der Waals surface area contributed by atoms with Gasteiger partial charge in [-0.15, -0.1) is 0 Å². The summed E-state index contributed by atoms with van der Waals surface area (Å²) in [6.45, 7) is 7.40. The maximum atomic E-state index is 14.8. The summed E-state index contributed by atoms with van der Waals surface area (Å²) in [6.07, 6.45) is 1.81. The second kappa shape index (κ2) is 16.9. The first-order valence-electron chi connectivity index (χ1n) is 20.1. The number of hydrogen-bond donors (Lipinski definition) is 4. The van der Waals surface area contributed by atoms with E-state index in [9.17, 15) is 28.0 Å². The zero-order valence-electron chi connectivity index (χ0n) is 34.4. The number of nitrogens with zero attached hydrogens (tertiary/aromatic N) is 4. The Morgan fingerprint density at radius 3 is 2.03 bits per heavy atom. The van der Waals surface area contributed by atoms with Crippen LogP contribution in [0, 0.1) is 23.7 Å². The van der Waals surface area contributed by atoms with E-state index in [1.165, 1.54) is 14.2 Å². The second-order valence-corrected chi connectivity index (χ2v) is 16.4. The van der Waals surface area contributed by atoms with Gasteiger partial charge in [0.15, 0.2) is 0 Å². The predicted molar refractivity (Wildman–Crippen MR) is 215 cm³/mol. The van der Waals surface area contributed by atoms with Crippen LogP contribution in [0.15, 0.2) is 48.7 Å². The highest BCUT2D eigenvalue weighted by Gasteiger charge is 2.52. The number of H-pyrrole nitrogens is 2. The molecule has 60 heavy (non-hydrogen) atoms. The van der Waals surface area contributed by atoms with Gasteiger partial charge in [-0.25, -0.2) is 28.3 Å². The maximum absolute atomic E-state index is 14.8. The fourth-order valence-corrected chi connectivity index (χ4v) is 8.30. The molecule has 3 aliphatic heterocycles. The molecule has 0 saturated carbocycles. The summed E-state index contributed by atoms with van der Waals surface area (Å²) in [5.41, 5.74) is 3.68. The minimum Gasteiger partial charge on any atom is -0.453 e. The molecular formula is C43H50F2N8O7. The van der Waals surface area contributed by atoms with Gasteiger partial charge >= 0.3 is 12.2 Å². The lowest BCUT2D eigenvalue weighted by molar-refractivity contribution is -0.137. The standard InChI is InChI=1S/C43H50F2N8O7/c1-24(2)34(50-40(56)58-5)38(54)52-22-42(16-7-17-60-42)19-32(52)37-47-29-15-12-27(18-30(29)48-37)9-8-26-10-13-28(14-11-26)31-21-46-36(49-31)33-20-43(44,45)23-53(33)39(55)35(25(3)4)51-41(57)59-6/h10-15,18,21,24-25,32-35H,7,16-17,19-20,22-23H2,1-6H3,(H,46,49)(H,47,48)(H,50,56)(H,51,57)/t32-,33-,34-,35-,42-/m0/s1. The van der Waals surface area contributed by atoms with Crippen LogP contribution in [0.25, 0.3) is 22.3 Å². The number of carbonyl (C=O) groups is 4. The molecular weight excluding hydrogens is 779 g/mol. The van der Waals surface area contributed by atoms with Gasteiger partial charge in [-0.3, -0.25) is 9.59 Å². The van der Waals surface area contributed by atoms with Crippen LogP contribution in [-0.2, 0) is 23.8 Å². The van der Waals surface area contributed by atoms with Crippen LogP contribution in [0.1, 0.15) is 88.2 Å². The molecule has 318 valence electrons. The van der Waals surface area contributed by atoms with Crippen LogP contribution in [0.3, 0.4) is 0 Å². The van der Waals surface area contributed by atoms with Crippen molar-refractivity contribution in [3.05, 3.63) is 71.4 Å². The fourth-order valence-electron chi connectivity index (χ4n) is 8.30. The van der Waals surface area contributed by atoms with Gasteiger partial charge in [0, 0.05) is 42.3 Å². The molecule has 4 aromatic rings. The van der Waals surface area contributed by atoms with Crippen LogP contribution in [-0.4, -0.2) is 111 Å². The molecule has 4 amide bonds. The number of aromatic nitrogens is 4. The third-order valence-corrected chi connectivity index (χ3v) is 11.5. The van der Waals surface area contributed by atoms with Gasteiger partial charge in [0.05, 0.1) is 61.7 Å². The van der Waals surface area contributed by atoms with Gasteiger partial charge in [-0.2, -0.15) is 0 Å². The van der Waals surface area contributed by atoms with Gasteiger partial charge in [-0.1, -0.05) is 51.7 Å². The van der Waals surface area contributed by atoms with E-state index in [1.807, 2.05) is 56.3 Å². The Morgan fingerprint density at radius 2 is 1.43 bits per heavy atom. The number of ether oxygens (including phenoxy) is 3. The van der Waals surface area contributed by atoms with Crippen LogP contribution in [0.4, 0.5) is 18.4 Å². The number of likely N-dealkylation sites (tertiary alicyclic amines) is 2. The van der Waals surface area contributed by atoms with E-state index >= 15 is 0 Å². The van der Waals surface area contributed by atoms with Crippen molar-refractivity contribution in [3.63, 3.8) is 0 Å². The third kappa shape index (κ3) is 8.79. The number of benzene rings is 2. The van der Waals surface area contributed by atoms with E-state index in [1.54, 1.807) is 24.9 Å². The van der Waals surface area contributed by atoms with Crippen molar-refractivity contribution in [2.75, 3.05) is 33.9 Å². The highest BCUT2D eigenvalue weighted by atomic mass is 19.3. The van der Waals surface area contributed by atoms with Gasteiger partial charge < -0.3 is 44.6 Å². The SMILES string of the molecule is COC(=O)N[C@H](C(=O)N1CC(F)(F)C[C@H]1c1nc(-c2ccc(C#Cc3ccc4[nH]c([C@@H]5C[C@@]6(CCCO6)CN5C(=O)[C@@H](NC(=O)OC)C(C)C)nc4c3)cc2)c[nH]1)C(C)C. The lowest BCUT2D eigenvalue weighted by Gasteiger charge is -2.30. The van der Waals surface area contributed by atoms with Crippen molar-refractivity contribution in [2.45, 2.75) is 89.1 Å². The number of alkyl carbamates (subject to hydrolysis) is 2. The first-order valence-corrected chi connectivity index (χ1v) is 20.1. The minimum atomic E-state index is -3.14. The zero-order valence-corrected chi connectivity index (χ0v) is 34.4. The molecule has 2 aromatic heterocycles. The maximum Gasteiger partial charge on any atom is 0.407 e. The van der Waals surface area contributed by atoms with E-state index < -0.39 is 66.8 Å². The largest absolute Gasteiger partial charge is 0.453 e. The summed E-state index contributed by atoms with van der Waals surface area (Å²) in [6, 6.07) is 9.73. The van der Waals surface area contributed by atoms with Crippen molar-refractivity contribution in [1.82, 2.24) is 40.4 Å². The molecule has 5 heterocycles. The molecule has 0 radical (unpaired) electrons. The van der Waals surface area contributed by atoms with Gasteiger partial charge in [0.25, 0.3) is 5.92 Å². The predicted octanol–water partition coefficient (Wildman–Crippen LogP) is 5.85. The summed E-state index contributed by atoms with van der Waals surface area (Å²) >= 11 is 0. The quantitative estimate of drug-likeness (QED) is 0.151.